The minimum atomic E-state index is -2.97. The number of hydrogen-bond acceptors (Lipinski definition) is 0. The van der Waals surface area contributed by atoms with Gasteiger partial charge in [-0.25, -0.2) is 0 Å². The van der Waals surface area contributed by atoms with Gasteiger partial charge < -0.3 is 0 Å². The van der Waals surface area contributed by atoms with E-state index >= 15 is 0 Å². The molecule has 50 valence electrons. The third kappa shape index (κ3) is 2.29. The first-order valence-electron chi connectivity index (χ1n) is 2.53. The van der Waals surface area contributed by atoms with E-state index in [-0.39, 0.29) is 0 Å². The van der Waals surface area contributed by atoms with Gasteiger partial charge in [-0.15, -0.1) is 0 Å². The molecule has 4 heteroatoms. The summed E-state index contributed by atoms with van der Waals surface area (Å²) in [7, 11) is 17.2. The Labute approximate surface area is 69.5 Å². The van der Waals surface area contributed by atoms with Crippen molar-refractivity contribution in [2.45, 2.75) is 6.42 Å². The average Bonchev–Trinajstić information content (AvgIpc) is 2.08. The SMILES string of the molecule is [Cl][Ti]([Cl])([Cl])[C]1=CC=CC1. The van der Waals surface area contributed by atoms with E-state index in [0.717, 1.165) is 10.3 Å². The van der Waals surface area contributed by atoms with E-state index < -0.39 is 13.4 Å². The fraction of sp³-hybridized carbons (Fsp3) is 0.200. The van der Waals surface area contributed by atoms with Crippen molar-refractivity contribution in [3.8, 4) is 0 Å². The third-order valence-electron chi connectivity index (χ3n) is 1.14. The van der Waals surface area contributed by atoms with Crippen LogP contribution in [0.15, 0.2) is 22.1 Å². The zero-order valence-electron chi connectivity index (χ0n) is 4.57. The summed E-state index contributed by atoms with van der Waals surface area (Å²) in [6.45, 7) is 0. The Morgan fingerprint density at radius 3 is 2.22 bits per heavy atom. The fourth-order valence-electron chi connectivity index (χ4n) is 0.657. The summed E-state index contributed by atoms with van der Waals surface area (Å²) in [5.41, 5.74) is 0. The molecule has 0 saturated heterocycles. The second kappa shape index (κ2) is 2.98. The van der Waals surface area contributed by atoms with Crippen molar-refractivity contribution in [1.82, 2.24) is 0 Å². The predicted octanol–water partition coefficient (Wildman–Crippen LogP) is 3.45. The standard InChI is InChI=1S/C5H5.3ClH.Ti/c1-2-4-5-3-1;;;;/h1-3H,4H2;3*1H;/q;;;;+3/p-3. The molecule has 1 aliphatic rings. The summed E-state index contributed by atoms with van der Waals surface area (Å²) in [4.78, 5) is 0. The summed E-state index contributed by atoms with van der Waals surface area (Å²) in [5, 5.41) is 0. The van der Waals surface area contributed by atoms with E-state index in [4.69, 9.17) is 27.9 Å². The molecule has 0 aromatic carbocycles. The summed E-state index contributed by atoms with van der Waals surface area (Å²) in [6, 6.07) is 0. The van der Waals surface area contributed by atoms with Gasteiger partial charge in [-0.1, -0.05) is 0 Å². The molecule has 0 aromatic rings. The number of hydrogen-bond donors (Lipinski definition) is 0. The van der Waals surface area contributed by atoms with Crippen LogP contribution < -0.4 is 0 Å². The van der Waals surface area contributed by atoms with Gasteiger partial charge in [0.05, 0.1) is 0 Å². The second-order valence-corrected chi connectivity index (χ2v) is 13.8. The summed E-state index contributed by atoms with van der Waals surface area (Å²) >= 11 is -2.97. The summed E-state index contributed by atoms with van der Waals surface area (Å²) in [6.07, 6.45) is 6.69. The molecule has 0 spiro atoms. The van der Waals surface area contributed by atoms with Gasteiger partial charge in [-0.2, -0.15) is 0 Å². The van der Waals surface area contributed by atoms with Crippen molar-refractivity contribution >= 4 is 27.9 Å². The molecule has 9 heavy (non-hydrogen) atoms. The van der Waals surface area contributed by atoms with Gasteiger partial charge in [-0.3, -0.25) is 0 Å². The van der Waals surface area contributed by atoms with Crippen LogP contribution in [0.2, 0.25) is 0 Å². The predicted molar refractivity (Wildman–Crippen MR) is 39.4 cm³/mol. The van der Waals surface area contributed by atoms with Crippen molar-refractivity contribution in [2.24, 2.45) is 0 Å². The fourth-order valence-corrected chi connectivity index (χ4v) is 3.38. The molecular formula is C5H5Cl3Ti. The molecule has 0 aromatic heterocycles. The molecule has 0 bridgehead atoms. The van der Waals surface area contributed by atoms with Crippen LogP contribution in [0.5, 0.6) is 0 Å². The Morgan fingerprint density at radius 1 is 1.33 bits per heavy atom. The van der Waals surface area contributed by atoms with Crippen molar-refractivity contribution in [1.29, 1.82) is 0 Å². The van der Waals surface area contributed by atoms with Gasteiger partial charge in [0.15, 0.2) is 0 Å². The zero-order valence-corrected chi connectivity index (χ0v) is 8.40. The van der Waals surface area contributed by atoms with Crippen LogP contribution in [0.4, 0.5) is 0 Å². The molecule has 0 aliphatic heterocycles. The van der Waals surface area contributed by atoms with E-state index in [1.54, 1.807) is 0 Å². The third-order valence-corrected chi connectivity index (χ3v) is 5.85. The molecule has 0 nitrogen and oxygen atoms in total. The van der Waals surface area contributed by atoms with Crippen LogP contribution in [0, 0.1) is 0 Å². The molecule has 0 saturated carbocycles. The molecule has 0 atom stereocenters. The normalized spacial score (nSPS) is 18.3. The molecule has 0 fully saturated rings. The Balaban J connectivity index is 2.66. The topological polar surface area (TPSA) is 0 Å². The molecule has 1 rings (SSSR count). The second-order valence-electron chi connectivity index (χ2n) is 1.82. The maximum absolute atomic E-state index is 5.75. The van der Waals surface area contributed by atoms with E-state index in [1.165, 1.54) is 0 Å². The van der Waals surface area contributed by atoms with E-state index in [9.17, 15) is 0 Å². The molecule has 0 heterocycles. The van der Waals surface area contributed by atoms with E-state index in [1.807, 2.05) is 18.2 Å². The minimum absolute atomic E-state index is 0.844. The Morgan fingerprint density at radius 2 is 2.00 bits per heavy atom. The van der Waals surface area contributed by atoms with Crippen LogP contribution in [-0.4, -0.2) is 0 Å². The first-order valence-corrected chi connectivity index (χ1v) is 9.76. The molecule has 0 N–H and O–H groups in total. The summed E-state index contributed by atoms with van der Waals surface area (Å²) < 4.78 is 1.03. The average molecular weight is 219 g/mol. The van der Waals surface area contributed by atoms with Gasteiger partial charge in [0.2, 0.25) is 0 Å². The first kappa shape index (κ1) is 8.16. The number of halogens is 3. The van der Waals surface area contributed by atoms with Crippen LogP contribution in [0.1, 0.15) is 6.42 Å². The summed E-state index contributed by atoms with van der Waals surface area (Å²) in [5.74, 6) is 0. The Kier molecular flexibility index (Phi) is 2.70. The van der Waals surface area contributed by atoms with E-state index in [0.29, 0.717) is 0 Å². The van der Waals surface area contributed by atoms with Crippen LogP contribution in [-0.2, 0) is 13.4 Å². The Bertz CT molecular complexity index is 166. The van der Waals surface area contributed by atoms with Gasteiger partial charge in [0, 0.05) is 0 Å². The van der Waals surface area contributed by atoms with Crippen LogP contribution in [0.3, 0.4) is 0 Å². The van der Waals surface area contributed by atoms with Crippen molar-refractivity contribution < 1.29 is 13.4 Å². The van der Waals surface area contributed by atoms with Gasteiger partial charge >= 0.3 is 69.8 Å². The maximum atomic E-state index is 5.75. The molecule has 0 radical (unpaired) electrons. The van der Waals surface area contributed by atoms with Gasteiger partial charge in [0.25, 0.3) is 0 Å². The van der Waals surface area contributed by atoms with Gasteiger partial charge in [-0.05, 0) is 0 Å². The molecule has 1 aliphatic carbocycles. The monoisotopic (exact) mass is 218 g/mol. The quantitative estimate of drug-likeness (QED) is 0.593. The van der Waals surface area contributed by atoms with Gasteiger partial charge in [0.1, 0.15) is 0 Å². The zero-order chi connectivity index (χ0) is 6.91. The molecule has 0 amide bonds. The van der Waals surface area contributed by atoms with Crippen molar-refractivity contribution in [3.05, 3.63) is 22.1 Å². The molecular weight excluding hydrogens is 214 g/mol. The van der Waals surface area contributed by atoms with Crippen LogP contribution in [0.25, 0.3) is 0 Å². The number of allylic oxidation sites excluding steroid dienone is 4. The molecule has 0 unspecified atom stereocenters. The first-order chi connectivity index (χ1) is 4.11. The van der Waals surface area contributed by atoms with E-state index in [2.05, 4.69) is 0 Å². The van der Waals surface area contributed by atoms with Crippen molar-refractivity contribution in [3.63, 3.8) is 0 Å². The Hall–Kier alpha value is 1.06. The van der Waals surface area contributed by atoms with Crippen LogP contribution >= 0.6 is 27.9 Å². The number of rotatable bonds is 1. The van der Waals surface area contributed by atoms with Crippen molar-refractivity contribution in [2.75, 3.05) is 0 Å².